The number of esters is 1. The maximum absolute atomic E-state index is 11.4. The highest BCUT2D eigenvalue weighted by molar-refractivity contribution is 9.09. The molecule has 16 heavy (non-hydrogen) atoms. The summed E-state index contributed by atoms with van der Waals surface area (Å²) in [5.74, 6) is -0.612. The van der Waals surface area contributed by atoms with Crippen molar-refractivity contribution in [2.75, 3.05) is 11.9 Å². The summed E-state index contributed by atoms with van der Waals surface area (Å²) in [6.07, 6.45) is 0. The number of rotatable bonds is 4. The Hall–Kier alpha value is -1.14. The molecule has 0 aliphatic carbocycles. The number of alkyl halides is 1. The van der Waals surface area contributed by atoms with E-state index in [1.165, 1.54) is 12.1 Å². The van der Waals surface area contributed by atoms with Gasteiger partial charge >= 0.3 is 5.97 Å². The SMILES string of the molecule is O=C(OCCBr)c1ccc(Cl)c([N+](=O)[O-])c1. The minimum absolute atomic E-state index is 0.0120. The molecule has 0 atom stereocenters. The fourth-order valence-corrected chi connectivity index (χ4v) is 1.34. The van der Waals surface area contributed by atoms with Gasteiger partial charge in [0.2, 0.25) is 0 Å². The van der Waals surface area contributed by atoms with Gasteiger partial charge in [-0.2, -0.15) is 0 Å². The lowest BCUT2D eigenvalue weighted by atomic mass is 10.2. The van der Waals surface area contributed by atoms with Gasteiger partial charge in [0.25, 0.3) is 5.69 Å². The largest absolute Gasteiger partial charge is 0.461 e. The summed E-state index contributed by atoms with van der Waals surface area (Å²) in [5, 5.41) is 11.1. The predicted molar refractivity (Wildman–Crippen MR) is 62.2 cm³/mol. The molecule has 0 aromatic heterocycles. The molecule has 0 radical (unpaired) electrons. The first kappa shape index (κ1) is 12.9. The molecule has 86 valence electrons. The van der Waals surface area contributed by atoms with Crippen molar-refractivity contribution in [3.05, 3.63) is 38.9 Å². The van der Waals surface area contributed by atoms with Crippen LogP contribution < -0.4 is 0 Å². The Labute approximate surface area is 105 Å². The molecule has 0 saturated carbocycles. The number of hydrogen-bond donors (Lipinski definition) is 0. The van der Waals surface area contributed by atoms with E-state index in [2.05, 4.69) is 15.9 Å². The lowest BCUT2D eigenvalue weighted by Crippen LogP contribution is -2.07. The van der Waals surface area contributed by atoms with Crippen LogP contribution in [0.25, 0.3) is 0 Å². The van der Waals surface area contributed by atoms with Crippen LogP contribution in [0.3, 0.4) is 0 Å². The maximum Gasteiger partial charge on any atom is 0.338 e. The quantitative estimate of drug-likeness (QED) is 0.371. The van der Waals surface area contributed by atoms with Crippen molar-refractivity contribution in [3.63, 3.8) is 0 Å². The zero-order valence-corrected chi connectivity index (χ0v) is 10.3. The van der Waals surface area contributed by atoms with Crippen molar-refractivity contribution in [2.24, 2.45) is 0 Å². The van der Waals surface area contributed by atoms with Crippen LogP contribution in [0.1, 0.15) is 10.4 Å². The van der Waals surface area contributed by atoms with Crippen molar-refractivity contribution in [1.29, 1.82) is 0 Å². The van der Waals surface area contributed by atoms with E-state index in [-0.39, 0.29) is 22.9 Å². The fraction of sp³-hybridized carbons (Fsp3) is 0.222. The Morgan fingerprint density at radius 2 is 2.25 bits per heavy atom. The van der Waals surface area contributed by atoms with E-state index in [0.29, 0.717) is 5.33 Å². The molecule has 5 nitrogen and oxygen atoms in total. The molecule has 0 amide bonds. The van der Waals surface area contributed by atoms with E-state index < -0.39 is 10.9 Å². The highest BCUT2D eigenvalue weighted by atomic mass is 79.9. The zero-order chi connectivity index (χ0) is 12.1. The van der Waals surface area contributed by atoms with E-state index in [0.717, 1.165) is 6.07 Å². The first-order valence-corrected chi connectivity index (χ1v) is 5.73. The lowest BCUT2D eigenvalue weighted by Gasteiger charge is -2.02. The fourth-order valence-electron chi connectivity index (χ4n) is 0.994. The van der Waals surface area contributed by atoms with Gasteiger partial charge in [-0.15, -0.1) is 0 Å². The van der Waals surface area contributed by atoms with Gasteiger partial charge in [-0.1, -0.05) is 27.5 Å². The van der Waals surface area contributed by atoms with Gasteiger partial charge in [-0.05, 0) is 12.1 Å². The molecule has 0 heterocycles. The summed E-state index contributed by atoms with van der Waals surface area (Å²) in [4.78, 5) is 21.3. The molecule has 0 unspecified atom stereocenters. The Morgan fingerprint density at radius 1 is 1.56 bits per heavy atom. The van der Waals surface area contributed by atoms with Crippen LogP contribution in [-0.4, -0.2) is 22.8 Å². The van der Waals surface area contributed by atoms with E-state index in [1.807, 2.05) is 0 Å². The van der Waals surface area contributed by atoms with Crippen LogP contribution in [0, 0.1) is 10.1 Å². The van der Waals surface area contributed by atoms with Crippen molar-refractivity contribution in [2.45, 2.75) is 0 Å². The third-order valence-electron chi connectivity index (χ3n) is 1.69. The topological polar surface area (TPSA) is 69.4 Å². The van der Waals surface area contributed by atoms with Gasteiger partial charge in [-0.3, -0.25) is 10.1 Å². The van der Waals surface area contributed by atoms with Gasteiger partial charge in [0.1, 0.15) is 11.6 Å². The molecule has 7 heteroatoms. The van der Waals surface area contributed by atoms with Crippen molar-refractivity contribution in [1.82, 2.24) is 0 Å². The normalized spacial score (nSPS) is 9.88. The van der Waals surface area contributed by atoms with Gasteiger partial charge in [0, 0.05) is 11.4 Å². The lowest BCUT2D eigenvalue weighted by molar-refractivity contribution is -0.384. The minimum atomic E-state index is -0.649. The minimum Gasteiger partial charge on any atom is -0.461 e. The van der Waals surface area contributed by atoms with Crippen LogP contribution in [0.2, 0.25) is 5.02 Å². The van der Waals surface area contributed by atoms with Gasteiger partial charge in [0.15, 0.2) is 0 Å². The molecule has 0 bridgehead atoms. The molecular formula is C9H7BrClNO4. The molecule has 1 aromatic rings. The zero-order valence-electron chi connectivity index (χ0n) is 7.98. The van der Waals surface area contributed by atoms with Gasteiger partial charge in [-0.25, -0.2) is 4.79 Å². The first-order valence-electron chi connectivity index (χ1n) is 4.23. The highest BCUT2D eigenvalue weighted by Crippen LogP contribution is 2.25. The number of hydrogen-bond acceptors (Lipinski definition) is 4. The number of nitro groups is 1. The van der Waals surface area contributed by atoms with Crippen molar-refractivity contribution < 1.29 is 14.5 Å². The molecule has 0 fully saturated rings. The van der Waals surface area contributed by atoms with Crippen molar-refractivity contribution >= 4 is 39.2 Å². The predicted octanol–water partition coefficient (Wildman–Crippen LogP) is 2.80. The van der Waals surface area contributed by atoms with Crippen molar-refractivity contribution in [3.8, 4) is 0 Å². The second-order valence-electron chi connectivity index (χ2n) is 2.75. The van der Waals surface area contributed by atoms with Crippen LogP contribution in [0.15, 0.2) is 18.2 Å². The number of benzene rings is 1. The Kier molecular flexibility index (Phi) is 4.70. The molecule has 0 saturated heterocycles. The highest BCUT2D eigenvalue weighted by Gasteiger charge is 2.16. The number of carbonyl (C=O) groups excluding carboxylic acids is 1. The third-order valence-corrected chi connectivity index (χ3v) is 2.33. The molecule has 0 spiro atoms. The Bertz CT molecular complexity index is 424. The maximum atomic E-state index is 11.4. The summed E-state index contributed by atoms with van der Waals surface area (Å²) >= 11 is 8.69. The molecule has 0 aliphatic rings. The van der Waals surface area contributed by atoms with E-state index >= 15 is 0 Å². The van der Waals surface area contributed by atoms with Gasteiger partial charge < -0.3 is 4.74 Å². The number of ether oxygens (including phenoxy) is 1. The first-order chi connectivity index (χ1) is 7.56. The molecule has 1 aromatic carbocycles. The molecule has 0 N–H and O–H groups in total. The van der Waals surface area contributed by atoms with E-state index in [9.17, 15) is 14.9 Å². The van der Waals surface area contributed by atoms with Crippen LogP contribution in [-0.2, 0) is 4.74 Å². The second kappa shape index (κ2) is 5.81. The van der Waals surface area contributed by atoms with E-state index in [4.69, 9.17) is 16.3 Å². The second-order valence-corrected chi connectivity index (χ2v) is 3.95. The number of nitrogens with zero attached hydrogens (tertiary/aromatic N) is 1. The standard InChI is InChI=1S/C9H7BrClNO4/c10-3-4-16-9(13)6-1-2-7(11)8(5-6)12(14)15/h1-2,5H,3-4H2. The number of halogens is 2. The number of carbonyl (C=O) groups is 1. The summed E-state index contributed by atoms with van der Waals surface area (Å²) in [7, 11) is 0. The number of nitro benzene ring substituents is 1. The smallest absolute Gasteiger partial charge is 0.338 e. The monoisotopic (exact) mass is 307 g/mol. The van der Waals surface area contributed by atoms with Gasteiger partial charge in [0.05, 0.1) is 10.5 Å². The Balaban J connectivity index is 2.94. The summed E-state index contributed by atoms with van der Waals surface area (Å²) < 4.78 is 4.80. The summed E-state index contributed by atoms with van der Waals surface area (Å²) in [6.45, 7) is 0.204. The average Bonchev–Trinajstić information content (AvgIpc) is 2.26. The molecule has 1 rings (SSSR count). The Morgan fingerprint density at radius 3 is 2.81 bits per heavy atom. The van der Waals surface area contributed by atoms with Crippen LogP contribution in [0.4, 0.5) is 5.69 Å². The summed E-state index contributed by atoms with van der Waals surface area (Å²) in [6, 6.07) is 3.77. The third kappa shape index (κ3) is 3.18. The average molecular weight is 309 g/mol. The molecular weight excluding hydrogens is 301 g/mol. The van der Waals surface area contributed by atoms with Crippen LogP contribution >= 0.6 is 27.5 Å². The van der Waals surface area contributed by atoms with E-state index in [1.54, 1.807) is 0 Å². The van der Waals surface area contributed by atoms with Crippen LogP contribution in [0.5, 0.6) is 0 Å². The molecule has 0 aliphatic heterocycles. The summed E-state index contributed by atoms with van der Waals surface area (Å²) in [5.41, 5.74) is -0.202.